The van der Waals surface area contributed by atoms with Crippen molar-refractivity contribution in [2.75, 3.05) is 26.3 Å². The normalized spacial score (nSPS) is 25.2. The second-order valence-corrected chi connectivity index (χ2v) is 8.28. The van der Waals surface area contributed by atoms with Crippen LogP contribution < -0.4 is 0 Å². The first kappa shape index (κ1) is 16.4. The van der Waals surface area contributed by atoms with Gasteiger partial charge in [0.2, 0.25) is 0 Å². The van der Waals surface area contributed by atoms with Crippen molar-refractivity contribution in [1.29, 1.82) is 0 Å². The maximum atomic E-state index is 11.9. The van der Waals surface area contributed by atoms with Gasteiger partial charge in [-0.2, -0.15) is 0 Å². The first-order valence-electron chi connectivity index (χ1n) is 9.19. The quantitative estimate of drug-likeness (QED) is 0.756. The van der Waals surface area contributed by atoms with Crippen LogP contribution in [-0.4, -0.2) is 53.2 Å². The lowest BCUT2D eigenvalue weighted by molar-refractivity contribution is -0.145. The SMILES string of the molecule is O=C1OCCC1N1CCC2(CC1)OCCc1sc(-c3cnccn3)cc12. The van der Waals surface area contributed by atoms with Crippen molar-refractivity contribution >= 4 is 17.3 Å². The number of carbonyl (C=O) groups is 1. The van der Waals surface area contributed by atoms with Gasteiger partial charge in [0.25, 0.3) is 0 Å². The minimum Gasteiger partial charge on any atom is -0.464 e. The molecule has 2 aromatic rings. The fourth-order valence-electron chi connectivity index (χ4n) is 4.40. The van der Waals surface area contributed by atoms with E-state index in [9.17, 15) is 4.79 Å². The van der Waals surface area contributed by atoms with E-state index in [2.05, 4.69) is 20.9 Å². The molecule has 2 saturated heterocycles. The highest BCUT2D eigenvalue weighted by Crippen LogP contribution is 2.46. The molecule has 0 aliphatic carbocycles. The number of aromatic nitrogens is 2. The molecule has 3 aliphatic rings. The van der Waals surface area contributed by atoms with Crippen LogP contribution in [0.3, 0.4) is 0 Å². The summed E-state index contributed by atoms with van der Waals surface area (Å²) in [6, 6.07) is 2.19. The van der Waals surface area contributed by atoms with Crippen LogP contribution >= 0.6 is 11.3 Å². The van der Waals surface area contributed by atoms with E-state index < -0.39 is 0 Å². The third-order valence-corrected chi connectivity index (χ3v) is 6.99. The van der Waals surface area contributed by atoms with E-state index in [1.54, 1.807) is 12.4 Å². The van der Waals surface area contributed by atoms with E-state index >= 15 is 0 Å². The molecule has 1 atom stereocenters. The van der Waals surface area contributed by atoms with Gasteiger partial charge in [0, 0.05) is 43.2 Å². The van der Waals surface area contributed by atoms with Crippen LogP contribution in [0.4, 0.5) is 0 Å². The highest BCUT2D eigenvalue weighted by Gasteiger charge is 2.44. The molecule has 0 aromatic carbocycles. The Morgan fingerprint density at radius 3 is 2.85 bits per heavy atom. The highest BCUT2D eigenvalue weighted by atomic mass is 32.1. The predicted octanol–water partition coefficient (Wildman–Crippen LogP) is 2.38. The molecule has 0 saturated carbocycles. The van der Waals surface area contributed by atoms with Crippen molar-refractivity contribution in [3.63, 3.8) is 0 Å². The van der Waals surface area contributed by atoms with E-state index in [1.165, 1.54) is 10.4 Å². The number of rotatable bonds is 2. The summed E-state index contributed by atoms with van der Waals surface area (Å²) in [5.74, 6) is -0.0633. The van der Waals surface area contributed by atoms with Crippen LogP contribution in [0.1, 0.15) is 29.7 Å². The first-order valence-corrected chi connectivity index (χ1v) is 10.0. The van der Waals surface area contributed by atoms with Gasteiger partial charge in [0.15, 0.2) is 0 Å². The van der Waals surface area contributed by atoms with E-state index in [4.69, 9.17) is 9.47 Å². The summed E-state index contributed by atoms with van der Waals surface area (Å²) in [6.45, 7) is 3.06. The Morgan fingerprint density at radius 2 is 2.12 bits per heavy atom. The molecule has 0 N–H and O–H groups in total. The Bertz CT molecular complexity index is 815. The number of nitrogens with zero attached hydrogens (tertiary/aromatic N) is 3. The number of carbonyl (C=O) groups excluding carboxylic acids is 1. The molecule has 5 rings (SSSR count). The van der Waals surface area contributed by atoms with Gasteiger partial charge in [-0.3, -0.25) is 19.7 Å². The van der Waals surface area contributed by atoms with E-state index in [0.29, 0.717) is 6.61 Å². The second-order valence-electron chi connectivity index (χ2n) is 7.14. The van der Waals surface area contributed by atoms with Crippen LogP contribution in [0.5, 0.6) is 0 Å². The Morgan fingerprint density at radius 1 is 1.23 bits per heavy atom. The topological polar surface area (TPSA) is 64.5 Å². The van der Waals surface area contributed by atoms with Crippen LogP contribution in [0.25, 0.3) is 10.6 Å². The summed E-state index contributed by atoms with van der Waals surface area (Å²) in [6.07, 6.45) is 8.86. The zero-order valence-corrected chi connectivity index (χ0v) is 15.3. The standard InChI is InChI=1S/C19H21N3O3S/c23-18-15(1-9-24-18)22-7-3-19(4-8-22)13-11-17(14-12-20-5-6-21-14)26-16(13)2-10-25-19/h5-6,11-12,15H,1-4,7-10H2. The van der Waals surface area contributed by atoms with Crippen molar-refractivity contribution < 1.29 is 14.3 Å². The van der Waals surface area contributed by atoms with Gasteiger partial charge in [-0.1, -0.05) is 0 Å². The number of hydrogen-bond donors (Lipinski definition) is 0. The fourth-order valence-corrected chi connectivity index (χ4v) is 5.59. The van der Waals surface area contributed by atoms with Crippen molar-refractivity contribution in [3.05, 3.63) is 35.1 Å². The van der Waals surface area contributed by atoms with E-state index in [0.717, 1.165) is 56.0 Å². The number of ether oxygens (including phenoxy) is 2. The average Bonchev–Trinajstić information content (AvgIpc) is 3.31. The van der Waals surface area contributed by atoms with Crippen molar-refractivity contribution in [2.24, 2.45) is 0 Å². The van der Waals surface area contributed by atoms with Crippen molar-refractivity contribution in [2.45, 2.75) is 37.3 Å². The van der Waals surface area contributed by atoms with Crippen LogP contribution in [0.15, 0.2) is 24.7 Å². The molecule has 2 fully saturated rings. The summed E-state index contributed by atoms with van der Waals surface area (Å²) in [4.78, 5) is 25.4. The molecule has 5 heterocycles. The molecule has 136 valence electrons. The number of fused-ring (bicyclic) bond motifs is 2. The molecule has 7 heteroatoms. The molecule has 6 nitrogen and oxygen atoms in total. The number of hydrogen-bond acceptors (Lipinski definition) is 7. The number of cyclic esters (lactones) is 1. The lowest BCUT2D eigenvalue weighted by Crippen LogP contribution is -2.50. The molecule has 0 bridgehead atoms. The number of piperidine rings is 1. The van der Waals surface area contributed by atoms with Crippen LogP contribution in [0.2, 0.25) is 0 Å². The minimum absolute atomic E-state index is 0.0620. The summed E-state index contributed by atoms with van der Waals surface area (Å²) in [5.41, 5.74) is 2.03. The molecule has 2 aromatic heterocycles. The smallest absolute Gasteiger partial charge is 0.323 e. The van der Waals surface area contributed by atoms with Crippen LogP contribution in [-0.2, 0) is 26.3 Å². The van der Waals surface area contributed by atoms with Gasteiger partial charge in [0.1, 0.15) is 6.04 Å². The Kier molecular flexibility index (Phi) is 4.03. The third kappa shape index (κ3) is 2.66. The molecule has 26 heavy (non-hydrogen) atoms. The van der Waals surface area contributed by atoms with Gasteiger partial charge in [0.05, 0.1) is 35.6 Å². The van der Waals surface area contributed by atoms with Gasteiger partial charge >= 0.3 is 5.97 Å². The van der Waals surface area contributed by atoms with Gasteiger partial charge in [-0.15, -0.1) is 11.3 Å². The number of thiophene rings is 1. The molecular weight excluding hydrogens is 350 g/mol. The maximum Gasteiger partial charge on any atom is 0.323 e. The summed E-state index contributed by atoms with van der Waals surface area (Å²) < 4.78 is 11.5. The zero-order chi connectivity index (χ0) is 17.6. The summed E-state index contributed by atoms with van der Waals surface area (Å²) >= 11 is 1.81. The van der Waals surface area contributed by atoms with E-state index in [-0.39, 0.29) is 17.6 Å². The fraction of sp³-hybridized carbons (Fsp3) is 0.526. The predicted molar refractivity (Wildman–Crippen MR) is 96.9 cm³/mol. The largest absolute Gasteiger partial charge is 0.464 e. The number of likely N-dealkylation sites (tertiary alicyclic amines) is 1. The molecule has 0 amide bonds. The van der Waals surface area contributed by atoms with Crippen molar-refractivity contribution in [1.82, 2.24) is 14.9 Å². The highest BCUT2D eigenvalue weighted by molar-refractivity contribution is 7.15. The van der Waals surface area contributed by atoms with Gasteiger partial charge in [-0.05, 0) is 24.5 Å². The molecule has 0 radical (unpaired) electrons. The Hall–Kier alpha value is -1.83. The van der Waals surface area contributed by atoms with Gasteiger partial charge in [-0.25, -0.2) is 0 Å². The van der Waals surface area contributed by atoms with Gasteiger partial charge < -0.3 is 9.47 Å². The Labute approximate surface area is 156 Å². The number of esters is 1. The van der Waals surface area contributed by atoms with E-state index in [1.807, 2.05) is 17.5 Å². The summed E-state index contributed by atoms with van der Waals surface area (Å²) in [7, 11) is 0. The maximum absolute atomic E-state index is 11.9. The Balaban J connectivity index is 1.40. The lowest BCUT2D eigenvalue weighted by atomic mass is 9.81. The average molecular weight is 371 g/mol. The third-order valence-electron chi connectivity index (χ3n) is 5.78. The van der Waals surface area contributed by atoms with Crippen LogP contribution in [0, 0.1) is 0 Å². The minimum atomic E-state index is -0.219. The summed E-state index contributed by atoms with van der Waals surface area (Å²) in [5, 5.41) is 0. The zero-order valence-electron chi connectivity index (χ0n) is 14.5. The monoisotopic (exact) mass is 371 g/mol. The lowest BCUT2D eigenvalue weighted by Gasteiger charge is -2.44. The van der Waals surface area contributed by atoms with Crippen molar-refractivity contribution in [3.8, 4) is 10.6 Å². The molecule has 3 aliphatic heterocycles. The molecule has 1 unspecified atom stereocenters. The second kappa shape index (κ2) is 6.40. The first-order chi connectivity index (χ1) is 12.8. The molecule has 1 spiro atoms. The molecular formula is C19H21N3O3S.